The number of nitrogen functional groups attached to an aromatic ring is 2. The Morgan fingerprint density at radius 2 is 1.29 bits per heavy atom. The molecule has 2 aromatic heterocycles. The number of anilines is 2. The number of thiazole rings is 2. The first-order valence-electron chi connectivity index (χ1n) is 12.2. The Kier molecular flexibility index (Phi) is 5.93. The van der Waals surface area contributed by atoms with E-state index in [1.54, 1.807) is 22.7 Å². The molecule has 0 atom stereocenters. The maximum atomic E-state index is 6.19. The van der Waals surface area contributed by atoms with Gasteiger partial charge in [0, 0.05) is 11.1 Å². The summed E-state index contributed by atoms with van der Waals surface area (Å²) in [6.45, 7) is 8.15. The van der Waals surface area contributed by atoms with Crippen molar-refractivity contribution in [3.05, 3.63) is 82.9 Å². The smallest absolute Gasteiger partial charge is 0.132 e. The van der Waals surface area contributed by atoms with Crippen molar-refractivity contribution in [2.24, 2.45) is 10.2 Å². The Bertz CT molecular complexity index is 1850. The molecule has 0 saturated carbocycles. The first kappa shape index (κ1) is 24.2. The number of fused-ring (bicyclic) bond motifs is 2. The molecule has 0 unspecified atom stereocenters. The normalized spacial score (nSPS) is 11.8. The standard InChI is InChI=1S/C30H26N6S2/c1-15-5-12-23-27(18(15)4)34-30(37-23)20-8-11-22-24(14-20)38-29(33-22)19-6-9-21(10-7-19)35-36-28-25(31)16(2)13-17(3)26(28)32/h5-14H,31-32H2,1-4H3. The largest absolute Gasteiger partial charge is 0.397 e. The highest BCUT2D eigenvalue weighted by Crippen LogP contribution is 2.38. The third kappa shape index (κ3) is 4.21. The number of nitrogens with two attached hydrogens (primary N) is 2. The van der Waals surface area contributed by atoms with Crippen molar-refractivity contribution in [3.63, 3.8) is 0 Å². The van der Waals surface area contributed by atoms with Crippen LogP contribution in [0.2, 0.25) is 0 Å². The summed E-state index contributed by atoms with van der Waals surface area (Å²) in [6, 6.07) is 20.6. The SMILES string of the molecule is Cc1cc(C)c(N)c(N=Nc2ccc(-c3nc4ccc(-c5nc6c(C)c(C)ccc6s5)cc4s3)cc2)c1N. The number of rotatable bonds is 4. The number of hydrogen-bond acceptors (Lipinski definition) is 8. The zero-order chi connectivity index (χ0) is 26.6. The van der Waals surface area contributed by atoms with Crippen LogP contribution in [0.4, 0.5) is 22.7 Å². The Morgan fingerprint density at radius 3 is 2.03 bits per heavy atom. The van der Waals surface area contributed by atoms with E-state index in [1.165, 1.54) is 15.8 Å². The Hall–Kier alpha value is -4.14. The van der Waals surface area contributed by atoms with E-state index < -0.39 is 0 Å². The molecule has 38 heavy (non-hydrogen) atoms. The molecule has 2 heterocycles. The summed E-state index contributed by atoms with van der Waals surface area (Å²) in [4.78, 5) is 9.82. The lowest BCUT2D eigenvalue weighted by molar-refractivity contribution is 1.22. The molecule has 4 aromatic carbocycles. The third-order valence-electron chi connectivity index (χ3n) is 6.89. The number of aryl methyl sites for hydroxylation is 4. The number of azo groups is 1. The van der Waals surface area contributed by atoms with Gasteiger partial charge in [0.05, 0.1) is 37.5 Å². The first-order chi connectivity index (χ1) is 18.3. The quantitative estimate of drug-likeness (QED) is 0.174. The fraction of sp³-hybridized carbons (Fsp3) is 0.133. The monoisotopic (exact) mass is 534 g/mol. The van der Waals surface area contributed by atoms with Crippen molar-refractivity contribution in [3.8, 4) is 21.1 Å². The van der Waals surface area contributed by atoms with Gasteiger partial charge in [-0.1, -0.05) is 12.1 Å². The minimum absolute atomic E-state index is 0.520. The van der Waals surface area contributed by atoms with Gasteiger partial charge in [0.1, 0.15) is 15.7 Å². The second-order valence-electron chi connectivity index (χ2n) is 9.51. The number of benzene rings is 4. The van der Waals surface area contributed by atoms with Gasteiger partial charge >= 0.3 is 0 Å². The van der Waals surface area contributed by atoms with E-state index in [-0.39, 0.29) is 0 Å². The second kappa shape index (κ2) is 9.31. The maximum Gasteiger partial charge on any atom is 0.132 e. The lowest BCUT2D eigenvalue weighted by atomic mass is 10.1. The molecule has 0 amide bonds. The predicted octanol–water partition coefficient (Wildman–Crippen LogP) is 9.05. The summed E-state index contributed by atoms with van der Waals surface area (Å²) in [6.07, 6.45) is 0. The van der Waals surface area contributed by atoms with Crippen LogP contribution in [0, 0.1) is 27.7 Å². The van der Waals surface area contributed by atoms with Crippen molar-refractivity contribution >= 4 is 65.9 Å². The predicted molar refractivity (Wildman–Crippen MR) is 162 cm³/mol. The van der Waals surface area contributed by atoms with Gasteiger partial charge < -0.3 is 11.5 Å². The average molecular weight is 535 g/mol. The van der Waals surface area contributed by atoms with Crippen LogP contribution in [0.5, 0.6) is 0 Å². The van der Waals surface area contributed by atoms with Gasteiger partial charge in [0.2, 0.25) is 0 Å². The van der Waals surface area contributed by atoms with E-state index in [1.807, 2.05) is 44.2 Å². The van der Waals surface area contributed by atoms with Crippen LogP contribution in [0.15, 0.2) is 70.9 Å². The molecule has 8 heteroatoms. The van der Waals surface area contributed by atoms with Crippen molar-refractivity contribution in [2.45, 2.75) is 27.7 Å². The second-order valence-corrected chi connectivity index (χ2v) is 11.6. The Balaban J connectivity index is 1.28. The molecule has 6 aromatic rings. The number of hydrogen-bond donors (Lipinski definition) is 2. The zero-order valence-electron chi connectivity index (χ0n) is 21.5. The average Bonchev–Trinajstić information content (AvgIpc) is 3.54. The Labute approximate surface area is 228 Å². The molecule has 0 aliphatic carbocycles. The van der Waals surface area contributed by atoms with Gasteiger partial charge in [0.15, 0.2) is 0 Å². The van der Waals surface area contributed by atoms with Gasteiger partial charge in [0.25, 0.3) is 0 Å². The van der Waals surface area contributed by atoms with Crippen LogP contribution in [0.25, 0.3) is 41.6 Å². The Morgan fingerprint density at radius 1 is 0.632 bits per heavy atom. The molecule has 188 valence electrons. The highest BCUT2D eigenvalue weighted by Gasteiger charge is 2.13. The molecule has 4 N–H and O–H groups in total. The van der Waals surface area contributed by atoms with Crippen molar-refractivity contribution in [1.29, 1.82) is 0 Å². The van der Waals surface area contributed by atoms with E-state index in [2.05, 4.69) is 54.4 Å². The van der Waals surface area contributed by atoms with Crippen molar-refractivity contribution in [1.82, 2.24) is 9.97 Å². The van der Waals surface area contributed by atoms with Crippen LogP contribution in [0.1, 0.15) is 22.3 Å². The summed E-state index contributed by atoms with van der Waals surface area (Å²) in [5, 5.41) is 10.7. The van der Waals surface area contributed by atoms with Gasteiger partial charge in [-0.25, -0.2) is 9.97 Å². The van der Waals surface area contributed by atoms with Crippen LogP contribution in [-0.2, 0) is 0 Å². The fourth-order valence-corrected chi connectivity index (χ4v) is 6.45. The summed E-state index contributed by atoms with van der Waals surface area (Å²) in [5.74, 6) is 0. The van der Waals surface area contributed by atoms with Gasteiger partial charge in [-0.05, 0) is 98.5 Å². The molecule has 0 spiro atoms. The minimum atomic E-state index is 0.520. The highest BCUT2D eigenvalue weighted by atomic mass is 32.1. The van der Waals surface area contributed by atoms with E-state index in [0.29, 0.717) is 17.1 Å². The fourth-order valence-electron chi connectivity index (χ4n) is 4.42. The highest BCUT2D eigenvalue weighted by molar-refractivity contribution is 7.22. The molecule has 6 nitrogen and oxygen atoms in total. The number of nitrogens with zero attached hydrogens (tertiary/aromatic N) is 4. The molecular weight excluding hydrogens is 509 g/mol. The molecule has 0 fully saturated rings. The molecule has 0 radical (unpaired) electrons. The lowest BCUT2D eigenvalue weighted by Crippen LogP contribution is -1.97. The summed E-state index contributed by atoms with van der Waals surface area (Å²) in [7, 11) is 0. The van der Waals surface area contributed by atoms with E-state index in [4.69, 9.17) is 21.4 Å². The van der Waals surface area contributed by atoms with Crippen LogP contribution in [-0.4, -0.2) is 9.97 Å². The van der Waals surface area contributed by atoms with E-state index >= 15 is 0 Å². The molecule has 0 saturated heterocycles. The zero-order valence-corrected chi connectivity index (χ0v) is 23.2. The van der Waals surface area contributed by atoms with E-state index in [9.17, 15) is 0 Å². The molecular formula is C30H26N6S2. The summed E-state index contributed by atoms with van der Waals surface area (Å²) >= 11 is 3.40. The van der Waals surface area contributed by atoms with Gasteiger partial charge in [-0.3, -0.25) is 0 Å². The molecule has 0 aliphatic rings. The van der Waals surface area contributed by atoms with Gasteiger partial charge in [-0.15, -0.1) is 27.8 Å². The molecule has 0 aliphatic heterocycles. The summed E-state index contributed by atoms with van der Waals surface area (Å²) < 4.78 is 2.35. The number of aromatic nitrogens is 2. The van der Waals surface area contributed by atoms with E-state index in [0.717, 1.165) is 53.7 Å². The first-order valence-corrected chi connectivity index (χ1v) is 13.9. The maximum absolute atomic E-state index is 6.19. The van der Waals surface area contributed by atoms with Crippen LogP contribution in [0.3, 0.4) is 0 Å². The van der Waals surface area contributed by atoms with Gasteiger partial charge in [-0.2, -0.15) is 5.11 Å². The van der Waals surface area contributed by atoms with Crippen molar-refractivity contribution in [2.75, 3.05) is 11.5 Å². The van der Waals surface area contributed by atoms with Crippen LogP contribution < -0.4 is 11.5 Å². The topological polar surface area (TPSA) is 103 Å². The summed E-state index contributed by atoms with van der Waals surface area (Å²) in [5.41, 5.74) is 23.3. The molecule has 6 rings (SSSR count). The minimum Gasteiger partial charge on any atom is -0.397 e. The third-order valence-corrected chi connectivity index (χ3v) is 9.03. The molecule has 0 bridgehead atoms. The van der Waals surface area contributed by atoms with Crippen LogP contribution >= 0.6 is 22.7 Å². The lowest BCUT2D eigenvalue weighted by Gasteiger charge is -2.09. The van der Waals surface area contributed by atoms with Crippen molar-refractivity contribution < 1.29 is 0 Å².